The Kier molecular flexibility index (Phi) is 4.91. The van der Waals surface area contributed by atoms with E-state index in [1.165, 1.54) is 14.0 Å². The van der Waals surface area contributed by atoms with Gasteiger partial charge in [-0.2, -0.15) is 0 Å². The molecule has 0 fully saturated rings. The monoisotopic (exact) mass is 199 g/mol. The molecule has 80 valence electrons. The highest BCUT2D eigenvalue weighted by Gasteiger charge is 2.22. The minimum absolute atomic E-state index is 0.0126. The molecule has 0 aliphatic rings. The van der Waals surface area contributed by atoms with E-state index in [1.807, 2.05) is 13.8 Å². The van der Waals surface area contributed by atoms with Crippen molar-refractivity contribution in [3.8, 4) is 0 Å². The van der Waals surface area contributed by atoms with Crippen LogP contribution in [0.4, 0.5) is 4.79 Å². The summed E-state index contributed by atoms with van der Waals surface area (Å²) < 4.78 is 4.41. The Hall–Kier alpha value is -1.32. The molecule has 0 spiro atoms. The van der Waals surface area contributed by atoms with E-state index in [0.29, 0.717) is 5.70 Å². The van der Waals surface area contributed by atoms with Crippen LogP contribution < -0.4 is 5.32 Å². The number of ether oxygens (including phenoxy) is 1. The first-order valence-corrected chi connectivity index (χ1v) is 4.44. The third-order valence-electron chi connectivity index (χ3n) is 1.93. The van der Waals surface area contributed by atoms with Gasteiger partial charge in [-0.1, -0.05) is 20.4 Å². The van der Waals surface area contributed by atoms with Gasteiger partial charge in [0.2, 0.25) is 0 Å². The van der Waals surface area contributed by atoms with Crippen molar-refractivity contribution >= 4 is 11.9 Å². The normalized spacial score (nSPS) is 12.1. The number of nitrogens with one attached hydrogen (secondary N) is 1. The zero-order chi connectivity index (χ0) is 11.3. The standard InChI is InChI=1S/C10H17NO3/c1-6(2)9(8(4)12)7(3)11-10(13)14-5/h6,9H,3H2,1-2,4-5H3,(H,11,13)/t9-/m1/s1. The predicted molar refractivity (Wildman–Crippen MR) is 53.7 cm³/mol. The molecule has 0 bridgehead atoms. The maximum Gasteiger partial charge on any atom is 0.411 e. The predicted octanol–water partition coefficient (Wildman–Crippen LogP) is 1.72. The van der Waals surface area contributed by atoms with Crippen molar-refractivity contribution in [1.82, 2.24) is 5.32 Å². The van der Waals surface area contributed by atoms with E-state index in [2.05, 4.69) is 16.6 Å². The third-order valence-corrected chi connectivity index (χ3v) is 1.93. The van der Waals surface area contributed by atoms with Crippen molar-refractivity contribution in [2.24, 2.45) is 11.8 Å². The van der Waals surface area contributed by atoms with Gasteiger partial charge in [0, 0.05) is 5.70 Å². The Balaban J connectivity index is 4.46. The van der Waals surface area contributed by atoms with Gasteiger partial charge in [-0.25, -0.2) is 4.79 Å². The Labute approximate surface area is 84.3 Å². The zero-order valence-corrected chi connectivity index (χ0v) is 9.09. The molecule has 4 heteroatoms. The van der Waals surface area contributed by atoms with Crippen LogP contribution >= 0.6 is 0 Å². The fourth-order valence-electron chi connectivity index (χ4n) is 1.38. The molecule has 0 heterocycles. The molecule has 14 heavy (non-hydrogen) atoms. The first-order valence-electron chi connectivity index (χ1n) is 4.44. The smallest absolute Gasteiger partial charge is 0.411 e. The topological polar surface area (TPSA) is 55.4 Å². The van der Waals surface area contributed by atoms with Gasteiger partial charge < -0.3 is 4.74 Å². The number of alkyl carbamates (subject to hydrolysis) is 1. The Bertz CT molecular complexity index is 246. The summed E-state index contributed by atoms with van der Waals surface area (Å²) in [4.78, 5) is 22.1. The van der Waals surface area contributed by atoms with Crippen molar-refractivity contribution in [1.29, 1.82) is 0 Å². The number of rotatable bonds is 4. The van der Waals surface area contributed by atoms with Crippen molar-refractivity contribution < 1.29 is 14.3 Å². The largest absolute Gasteiger partial charge is 0.453 e. The number of amides is 1. The second-order valence-corrected chi connectivity index (χ2v) is 3.47. The van der Waals surface area contributed by atoms with Gasteiger partial charge in [-0.05, 0) is 12.8 Å². The van der Waals surface area contributed by atoms with Crippen LogP contribution in [-0.4, -0.2) is 19.0 Å². The molecule has 1 atom stereocenters. The van der Waals surface area contributed by atoms with E-state index in [0.717, 1.165) is 0 Å². The van der Waals surface area contributed by atoms with Crippen LogP contribution in [0.5, 0.6) is 0 Å². The van der Waals surface area contributed by atoms with E-state index < -0.39 is 6.09 Å². The molecule has 0 rings (SSSR count). The molecular weight excluding hydrogens is 182 g/mol. The molecule has 0 aromatic heterocycles. The number of methoxy groups -OCH3 is 1. The van der Waals surface area contributed by atoms with Gasteiger partial charge in [-0.15, -0.1) is 0 Å². The molecule has 4 nitrogen and oxygen atoms in total. The number of carbonyl (C=O) groups is 2. The lowest BCUT2D eigenvalue weighted by molar-refractivity contribution is -0.120. The lowest BCUT2D eigenvalue weighted by Crippen LogP contribution is -2.31. The van der Waals surface area contributed by atoms with E-state index in [9.17, 15) is 9.59 Å². The van der Waals surface area contributed by atoms with E-state index in [4.69, 9.17) is 0 Å². The summed E-state index contributed by atoms with van der Waals surface area (Å²) in [7, 11) is 1.26. The van der Waals surface area contributed by atoms with Gasteiger partial charge in [0.1, 0.15) is 5.78 Å². The number of carbonyl (C=O) groups excluding carboxylic acids is 2. The van der Waals surface area contributed by atoms with Crippen LogP contribution in [0, 0.1) is 11.8 Å². The summed E-state index contributed by atoms with van der Waals surface area (Å²) in [6.07, 6.45) is -0.595. The number of hydrogen-bond acceptors (Lipinski definition) is 3. The van der Waals surface area contributed by atoms with Crippen LogP contribution in [0.3, 0.4) is 0 Å². The van der Waals surface area contributed by atoms with Gasteiger partial charge in [0.15, 0.2) is 0 Å². The zero-order valence-electron chi connectivity index (χ0n) is 9.09. The summed E-state index contributed by atoms with van der Waals surface area (Å²) in [5.74, 6) is -0.257. The van der Waals surface area contributed by atoms with Gasteiger partial charge in [0.05, 0.1) is 13.0 Å². The molecule has 0 saturated carbocycles. The van der Waals surface area contributed by atoms with Crippen LogP contribution in [0.1, 0.15) is 20.8 Å². The third kappa shape index (κ3) is 3.60. The number of hydrogen-bond donors (Lipinski definition) is 1. The van der Waals surface area contributed by atoms with E-state index >= 15 is 0 Å². The van der Waals surface area contributed by atoms with Crippen molar-refractivity contribution in [2.45, 2.75) is 20.8 Å². The van der Waals surface area contributed by atoms with Gasteiger partial charge in [-0.3, -0.25) is 10.1 Å². The minimum atomic E-state index is -0.595. The molecule has 0 unspecified atom stereocenters. The van der Waals surface area contributed by atoms with Crippen LogP contribution in [0.25, 0.3) is 0 Å². The molecule has 0 aromatic carbocycles. The summed E-state index contributed by atoms with van der Waals surface area (Å²) in [5.41, 5.74) is 0.388. The number of ketones is 1. The Morgan fingerprint density at radius 1 is 1.36 bits per heavy atom. The van der Waals surface area contributed by atoms with Crippen molar-refractivity contribution in [3.05, 3.63) is 12.3 Å². The molecule has 0 radical (unpaired) electrons. The lowest BCUT2D eigenvalue weighted by atomic mass is 9.90. The van der Waals surface area contributed by atoms with Gasteiger partial charge >= 0.3 is 6.09 Å². The lowest BCUT2D eigenvalue weighted by Gasteiger charge is -2.20. The molecule has 0 saturated heterocycles. The van der Waals surface area contributed by atoms with E-state index in [-0.39, 0.29) is 17.6 Å². The second-order valence-electron chi connectivity index (χ2n) is 3.47. The second kappa shape index (κ2) is 5.42. The minimum Gasteiger partial charge on any atom is -0.453 e. The summed E-state index contributed by atoms with van der Waals surface area (Å²) in [6.45, 7) is 8.93. The number of Topliss-reactive ketones (excluding diaryl/α,β-unsaturated/α-hetero) is 1. The SMILES string of the molecule is C=C(NC(=O)OC)[C@H](C(C)=O)C(C)C. The molecule has 0 aliphatic carbocycles. The molecule has 1 amide bonds. The highest BCUT2D eigenvalue weighted by Crippen LogP contribution is 2.18. The van der Waals surface area contributed by atoms with Gasteiger partial charge in [0.25, 0.3) is 0 Å². The fraction of sp³-hybridized carbons (Fsp3) is 0.600. The molecule has 1 N–H and O–H groups in total. The molecule has 0 aromatic rings. The van der Waals surface area contributed by atoms with E-state index in [1.54, 1.807) is 0 Å². The first kappa shape index (κ1) is 12.7. The average molecular weight is 199 g/mol. The Morgan fingerprint density at radius 2 is 1.86 bits per heavy atom. The summed E-state index contributed by atoms with van der Waals surface area (Å²) in [6, 6.07) is 0. The maximum atomic E-state index is 11.2. The maximum absolute atomic E-state index is 11.2. The van der Waals surface area contributed by atoms with Crippen LogP contribution in [-0.2, 0) is 9.53 Å². The van der Waals surface area contributed by atoms with Crippen LogP contribution in [0.15, 0.2) is 12.3 Å². The Morgan fingerprint density at radius 3 is 2.14 bits per heavy atom. The highest BCUT2D eigenvalue weighted by molar-refractivity contribution is 5.82. The summed E-state index contributed by atoms with van der Waals surface area (Å²) in [5, 5.41) is 2.42. The van der Waals surface area contributed by atoms with Crippen molar-refractivity contribution in [2.75, 3.05) is 7.11 Å². The fourth-order valence-corrected chi connectivity index (χ4v) is 1.38. The highest BCUT2D eigenvalue weighted by atomic mass is 16.5. The number of allylic oxidation sites excluding steroid dienone is 1. The average Bonchev–Trinajstić information content (AvgIpc) is 2.02. The molecule has 0 aliphatic heterocycles. The molecular formula is C10H17NO3. The quantitative estimate of drug-likeness (QED) is 0.750. The van der Waals surface area contributed by atoms with Crippen LogP contribution in [0.2, 0.25) is 0 Å². The summed E-state index contributed by atoms with van der Waals surface area (Å²) >= 11 is 0. The first-order chi connectivity index (χ1) is 6.40. The van der Waals surface area contributed by atoms with Crippen molar-refractivity contribution in [3.63, 3.8) is 0 Å².